The number of benzene rings is 2. The molecule has 0 fully saturated rings. The van der Waals surface area contributed by atoms with E-state index in [1.54, 1.807) is 18.2 Å². The molecule has 0 atom stereocenters. The van der Waals surface area contributed by atoms with Gasteiger partial charge in [0.15, 0.2) is 0 Å². The van der Waals surface area contributed by atoms with E-state index < -0.39 is 27.5 Å². The fraction of sp³-hybridized carbons (Fsp3) is 0. The number of sulfonamides is 1. The van der Waals surface area contributed by atoms with Crippen molar-refractivity contribution in [3.05, 3.63) is 66.2 Å². The highest BCUT2D eigenvalue weighted by molar-refractivity contribution is 7.92. The van der Waals surface area contributed by atoms with Crippen LogP contribution < -0.4 is 4.72 Å². The van der Waals surface area contributed by atoms with Crippen molar-refractivity contribution in [1.29, 1.82) is 0 Å². The first-order valence-electron chi connectivity index (χ1n) is 6.66. The Morgan fingerprint density at radius 2 is 1.50 bits per heavy atom. The summed E-state index contributed by atoms with van der Waals surface area (Å²) in [5, 5.41) is 18.2. The van der Waals surface area contributed by atoms with Crippen molar-refractivity contribution in [2.45, 2.75) is 4.90 Å². The Morgan fingerprint density at radius 1 is 0.917 bits per heavy atom. The van der Waals surface area contributed by atoms with E-state index in [-0.39, 0.29) is 16.1 Å². The fourth-order valence-corrected chi connectivity index (χ4v) is 2.87. The molecule has 0 spiro atoms. The summed E-state index contributed by atoms with van der Waals surface area (Å²) >= 11 is 0. The van der Waals surface area contributed by atoms with E-state index in [1.165, 1.54) is 36.4 Å². The van der Waals surface area contributed by atoms with E-state index in [1.807, 2.05) is 0 Å². The number of carboxylic acid groups (broad SMARTS) is 1. The Balaban J connectivity index is 2.18. The number of aliphatic hydroxyl groups excluding tert-OH is 1. The van der Waals surface area contributed by atoms with Crippen LogP contribution in [-0.4, -0.2) is 30.4 Å². The van der Waals surface area contributed by atoms with Crippen LogP contribution in [0.5, 0.6) is 0 Å². The third kappa shape index (κ3) is 4.20. The number of carbonyl (C=O) groups excluding carboxylic acids is 1. The number of rotatable bonds is 6. The molecule has 0 aliphatic rings. The molecule has 24 heavy (non-hydrogen) atoms. The number of hydrogen-bond donors (Lipinski definition) is 3. The van der Waals surface area contributed by atoms with Gasteiger partial charge < -0.3 is 10.2 Å². The molecule has 0 heterocycles. The van der Waals surface area contributed by atoms with Gasteiger partial charge >= 0.3 is 5.97 Å². The smallest absolute Gasteiger partial charge is 0.376 e. The van der Waals surface area contributed by atoms with Crippen LogP contribution in [0.25, 0.3) is 5.76 Å². The van der Waals surface area contributed by atoms with Crippen LogP contribution in [0.1, 0.15) is 5.56 Å². The Kier molecular flexibility index (Phi) is 5.00. The predicted molar refractivity (Wildman–Crippen MR) is 86.9 cm³/mol. The summed E-state index contributed by atoms with van der Waals surface area (Å²) in [7, 11) is -3.74. The van der Waals surface area contributed by atoms with Gasteiger partial charge in [0.1, 0.15) is 5.76 Å². The number of ketones is 1. The van der Waals surface area contributed by atoms with Crippen LogP contribution in [0.15, 0.2) is 65.6 Å². The van der Waals surface area contributed by atoms with Crippen molar-refractivity contribution >= 4 is 33.2 Å². The summed E-state index contributed by atoms with van der Waals surface area (Å²) in [6.07, 6.45) is 0.575. The van der Waals surface area contributed by atoms with Gasteiger partial charge in [-0.05, 0) is 36.4 Å². The van der Waals surface area contributed by atoms with E-state index in [4.69, 9.17) is 5.11 Å². The second kappa shape index (κ2) is 6.97. The number of aliphatic carboxylic acids is 1. The molecule has 0 unspecified atom stereocenters. The topological polar surface area (TPSA) is 121 Å². The van der Waals surface area contributed by atoms with Gasteiger partial charge in [-0.1, -0.05) is 18.2 Å². The van der Waals surface area contributed by atoms with Crippen molar-refractivity contribution in [3.63, 3.8) is 0 Å². The number of nitrogens with one attached hydrogen (secondary N) is 1. The van der Waals surface area contributed by atoms with Gasteiger partial charge in [0.05, 0.1) is 4.90 Å². The number of hydrogen-bond acceptors (Lipinski definition) is 5. The first-order chi connectivity index (χ1) is 11.3. The van der Waals surface area contributed by atoms with Gasteiger partial charge in [-0.15, -0.1) is 0 Å². The minimum absolute atomic E-state index is 0.101. The molecule has 3 N–H and O–H groups in total. The zero-order valence-corrected chi connectivity index (χ0v) is 13.0. The second-order valence-corrected chi connectivity index (χ2v) is 6.38. The molecule has 2 aromatic carbocycles. The van der Waals surface area contributed by atoms with Gasteiger partial charge in [0, 0.05) is 17.3 Å². The molecule has 0 amide bonds. The molecule has 0 aromatic heterocycles. The zero-order chi connectivity index (χ0) is 17.7. The lowest BCUT2D eigenvalue weighted by Crippen LogP contribution is -2.12. The van der Waals surface area contributed by atoms with Crippen LogP contribution in [0.3, 0.4) is 0 Å². The number of carboxylic acids is 1. The maximum Gasteiger partial charge on any atom is 0.376 e. The van der Waals surface area contributed by atoms with Gasteiger partial charge in [-0.3, -0.25) is 9.52 Å². The average Bonchev–Trinajstić information content (AvgIpc) is 2.55. The second-order valence-electron chi connectivity index (χ2n) is 4.69. The summed E-state index contributed by atoms with van der Waals surface area (Å²) in [6, 6.07) is 13.2. The van der Waals surface area contributed by atoms with Gasteiger partial charge in [0.2, 0.25) is 0 Å². The van der Waals surface area contributed by atoms with E-state index in [0.717, 1.165) is 0 Å². The molecule has 0 radical (unpaired) electrons. The molecule has 0 aliphatic carbocycles. The highest BCUT2D eigenvalue weighted by atomic mass is 32.2. The third-order valence-electron chi connectivity index (χ3n) is 2.96. The Bertz CT molecular complexity index is 886. The lowest BCUT2D eigenvalue weighted by molar-refractivity contribution is -0.146. The van der Waals surface area contributed by atoms with Crippen LogP contribution in [0.4, 0.5) is 5.69 Å². The molecular weight excluding hydrogens is 334 g/mol. The predicted octanol–water partition coefficient (Wildman–Crippen LogP) is 2.04. The van der Waals surface area contributed by atoms with E-state index in [2.05, 4.69) is 4.72 Å². The van der Waals surface area contributed by atoms with E-state index >= 15 is 0 Å². The molecule has 0 bridgehead atoms. The fourth-order valence-electron chi connectivity index (χ4n) is 1.79. The molecule has 2 aromatic rings. The first kappa shape index (κ1) is 17.2. The molecule has 0 saturated carbocycles. The van der Waals surface area contributed by atoms with Crippen molar-refractivity contribution in [3.8, 4) is 0 Å². The molecule has 8 heteroatoms. The maximum atomic E-state index is 12.2. The first-order valence-corrected chi connectivity index (χ1v) is 8.14. The van der Waals surface area contributed by atoms with Gasteiger partial charge in [-0.2, -0.15) is 0 Å². The number of carbonyl (C=O) groups is 2. The van der Waals surface area contributed by atoms with Crippen LogP contribution in [0.2, 0.25) is 0 Å². The third-order valence-corrected chi connectivity index (χ3v) is 4.36. The molecule has 124 valence electrons. The Hall–Kier alpha value is -3.13. The largest absolute Gasteiger partial charge is 0.507 e. The normalized spacial score (nSPS) is 11.8. The van der Waals surface area contributed by atoms with Crippen LogP contribution >= 0.6 is 0 Å². The quantitative estimate of drug-likeness (QED) is 0.418. The van der Waals surface area contributed by atoms with Crippen molar-refractivity contribution < 1.29 is 28.2 Å². The van der Waals surface area contributed by atoms with Gasteiger partial charge in [-0.25, -0.2) is 13.2 Å². The highest BCUT2D eigenvalue weighted by Crippen LogP contribution is 2.19. The van der Waals surface area contributed by atoms with Crippen molar-refractivity contribution in [2.75, 3.05) is 4.72 Å². The molecule has 0 aliphatic heterocycles. The van der Waals surface area contributed by atoms with E-state index in [9.17, 15) is 23.1 Å². The standard InChI is InChI=1S/C16H13NO6S/c18-14(10-15(19)16(20)21)11-6-8-12(9-7-11)17-24(22,23)13-4-2-1-3-5-13/h1-10,17-18H,(H,20,21)/b14-10-. The summed E-state index contributed by atoms with van der Waals surface area (Å²) in [5.74, 6) is -3.48. The minimum Gasteiger partial charge on any atom is -0.507 e. The summed E-state index contributed by atoms with van der Waals surface area (Å²) in [5.41, 5.74) is 0.423. The zero-order valence-electron chi connectivity index (χ0n) is 12.2. The summed E-state index contributed by atoms with van der Waals surface area (Å²) in [6.45, 7) is 0. The van der Waals surface area contributed by atoms with Crippen molar-refractivity contribution in [2.24, 2.45) is 0 Å². The molecule has 7 nitrogen and oxygen atoms in total. The Morgan fingerprint density at radius 3 is 2.04 bits per heavy atom. The van der Waals surface area contributed by atoms with E-state index in [0.29, 0.717) is 6.08 Å². The summed E-state index contributed by atoms with van der Waals surface area (Å²) in [4.78, 5) is 21.5. The SMILES string of the molecule is O=C(O)C(=O)/C=C(\O)c1ccc(NS(=O)(=O)c2ccccc2)cc1. The van der Waals surface area contributed by atoms with Gasteiger partial charge in [0.25, 0.3) is 15.8 Å². The number of aliphatic hydroxyl groups is 1. The maximum absolute atomic E-state index is 12.2. The lowest BCUT2D eigenvalue weighted by atomic mass is 10.1. The summed E-state index contributed by atoms with van der Waals surface area (Å²) < 4.78 is 26.7. The lowest BCUT2D eigenvalue weighted by Gasteiger charge is -2.08. The number of anilines is 1. The van der Waals surface area contributed by atoms with Crippen LogP contribution in [-0.2, 0) is 19.6 Å². The molecule has 0 saturated heterocycles. The monoisotopic (exact) mass is 347 g/mol. The molecule has 2 rings (SSSR count). The highest BCUT2D eigenvalue weighted by Gasteiger charge is 2.14. The van der Waals surface area contributed by atoms with Crippen molar-refractivity contribution in [1.82, 2.24) is 0 Å². The average molecular weight is 347 g/mol. The minimum atomic E-state index is -3.74. The van der Waals surface area contributed by atoms with Crippen LogP contribution in [0, 0.1) is 0 Å². The molecular formula is C16H13NO6S. The Labute approximate surface area is 137 Å².